The summed E-state index contributed by atoms with van der Waals surface area (Å²) in [6, 6.07) is 0. The molecule has 2 fully saturated rings. The maximum atomic E-state index is 11.4. The Kier molecular flexibility index (Phi) is 2.02. The molecule has 0 bridgehead atoms. The van der Waals surface area contributed by atoms with Crippen molar-refractivity contribution in [1.82, 2.24) is 4.90 Å². The third-order valence-electron chi connectivity index (χ3n) is 2.26. The van der Waals surface area contributed by atoms with Crippen LogP contribution in [-0.2, 0) is 14.3 Å². The van der Waals surface area contributed by atoms with Crippen LogP contribution in [0.5, 0.6) is 0 Å². The van der Waals surface area contributed by atoms with E-state index in [1.165, 1.54) is 0 Å². The van der Waals surface area contributed by atoms with Crippen LogP contribution in [0.1, 0.15) is 13.3 Å². The zero-order chi connectivity index (χ0) is 8.55. The van der Waals surface area contributed by atoms with Gasteiger partial charge in [0.05, 0.1) is 25.7 Å². The molecular formula is C8H13NO3. The maximum absolute atomic E-state index is 11.4. The molecule has 2 heterocycles. The van der Waals surface area contributed by atoms with Crippen molar-refractivity contribution in [3.63, 3.8) is 0 Å². The normalized spacial score (nSPS) is 36.4. The Bertz CT molecular complexity index is 195. The number of hydrogen-bond acceptors (Lipinski definition) is 3. The minimum atomic E-state index is -0.130. The summed E-state index contributed by atoms with van der Waals surface area (Å²) in [7, 11) is 0. The molecule has 0 spiro atoms. The predicted octanol–water partition coefficient (Wildman–Crippen LogP) is -0.0199. The zero-order valence-corrected chi connectivity index (χ0v) is 7.16. The highest BCUT2D eigenvalue weighted by Crippen LogP contribution is 2.19. The Morgan fingerprint density at radius 1 is 1.58 bits per heavy atom. The molecule has 0 saturated carbocycles. The van der Waals surface area contributed by atoms with Gasteiger partial charge in [0, 0.05) is 6.54 Å². The average Bonchev–Trinajstić information content (AvgIpc) is 2.04. The second-order valence-electron chi connectivity index (χ2n) is 3.27. The van der Waals surface area contributed by atoms with Gasteiger partial charge in [-0.25, -0.2) is 0 Å². The quantitative estimate of drug-likeness (QED) is 0.514. The molecule has 2 saturated heterocycles. The lowest BCUT2D eigenvalue weighted by atomic mass is 10.2. The van der Waals surface area contributed by atoms with E-state index in [4.69, 9.17) is 9.47 Å². The van der Waals surface area contributed by atoms with Crippen LogP contribution in [0.15, 0.2) is 0 Å². The number of nitrogens with zero attached hydrogens (tertiary/aromatic N) is 1. The van der Waals surface area contributed by atoms with E-state index in [0.29, 0.717) is 26.2 Å². The Labute approximate surface area is 71.4 Å². The third-order valence-corrected chi connectivity index (χ3v) is 2.26. The van der Waals surface area contributed by atoms with Crippen molar-refractivity contribution in [1.29, 1.82) is 0 Å². The van der Waals surface area contributed by atoms with Gasteiger partial charge in [-0.2, -0.15) is 0 Å². The fourth-order valence-electron chi connectivity index (χ4n) is 1.66. The Hall–Kier alpha value is -0.610. The molecule has 2 unspecified atom stereocenters. The minimum Gasteiger partial charge on any atom is -0.375 e. The van der Waals surface area contributed by atoms with Gasteiger partial charge in [0.15, 0.2) is 6.23 Å². The van der Waals surface area contributed by atoms with Crippen molar-refractivity contribution in [2.75, 3.05) is 19.8 Å². The number of morpholine rings is 1. The summed E-state index contributed by atoms with van der Waals surface area (Å²) in [6.45, 7) is 3.76. The molecule has 4 heteroatoms. The lowest BCUT2D eigenvalue weighted by Crippen LogP contribution is -2.55. The van der Waals surface area contributed by atoms with Gasteiger partial charge in [0.2, 0.25) is 5.91 Å². The SMILES string of the molecule is CC1CC(=O)N2CCOCC2O1. The molecule has 2 aliphatic heterocycles. The van der Waals surface area contributed by atoms with Crippen molar-refractivity contribution in [2.45, 2.75) is 25.7 Å². The van der Waals surface area contributed by atoms with Gasteiger partial charge in [-0.05, 0) is 6.92 Å². The number of amides is 1. The summed E-state index contributed by atoms with van der Waals surface area (Å²) in [4.78, 5) is 13.2. The molecule has 68 valence electrons. The van der Waals surface area contributed by atoms with E-state index >= 15 is 0 Å². The minimum absolute atomic E-state index is 0.0421. The Morgan fingerprint density at radius 2 is 2.42 bits per heavy atom. The molecule has 0 radical (unpaired) electrons. The molecular weight excluding hydrogens is 158 g/mol. The third kappa shape index (κ3) is 1.32. The first-order valence-corrected chi connectivity index (χ1v) is 4.30. The van der Waals surface area contributed by atoms with Gasteiger partial charge >= 0.3 is 0 Å². The second-order valence-corrected chi connectivity index (χ2v) is 3.27. The zero-order valence-electron chi connectivity index (χ0n) is 7.16. The molecule has 2 aliphatic rings. The van der Waals surface area contributed by atoms with E-state index in [9.17, 15) is 4.79 Å². The van der Waals surface area contributed by atoms with Crippen LogP contribution in [0.3, 0.4) is 0 Å². The molecule has 1 amide bonds. The smallest absolute Gasteiger partial charge is 0.227 e. The summed E-state index contributed by atoms with van der Waals surface area (Å²) in [5.41, 5.74) is 0. The maximum Gasteiger partial charge on any atom is 0.227 e. The largest absolute Gasteiger partial charge is 0.375 e. The molecule has 0 N–H and O–H groups in total. The lowest BCUT2D eigenvalue weighted by molar-refractivity contribution is -0.198. The highest BCUT2D eigenvalue weighted by Gasteiger charge is 2.34. The van der Waals surface area contributed by atoms with Crippen LogP contribution in [0.25, 0.3) is 0 Å². The van der Waals surface area contributed by atoms with Crippen molar-refractivity contribution in [2.24, 2.45) is 0 Å². The van der Waals surface area contributed by atoms with Crippen LogP contribution < -0.4 is 0 Å². The molecule has 2 rings (SSSR count). The van der Waals surface area contributed by atoms with E-state index < -0.39 is 0 Å². The number of fused-ring (bicyclic) bond motifs is 1. The van der Waals surface area contributed by atoms with Gasteiger partial charge < -0.3 is 14.4 Å². The first kappa shape index (κ1) is 8.01. The van der Waals surface area contributed by atoms with Crippen molar-refractivity contribution < 1.29 is 14.3 Å². The molecule has 2 atom stereocenters. The standard InChI is InChI=1S/C8H13NO3/c1-6-4-7(10)9-2-3-11-5-8(9)12-6/h6,8H,2-5H2,1H3. The Morgan fingerprint density at radius 3 is 3.25 bits per heavy atom. The average molecular weight is 171 g/mol. The molecule has 0 aliphatic carbocycles. The van der Waals surface area contributed by atoms with Gasteiger partial charge in [0.1, 0.15) is 0 Å². The predicted molar refractivity (Wildman–Crippen MR) is 41.5 cm³/mol. The number of carbonyl (C=O) groups is 1. The van der Waals surface area contributed by atoms with Crippen molar-refractivity contribution in [3.8, 4) is 0 Å². The number of ether oxygens (including phenoxy) is 2. The highest BCUT2D eigenvalue weighted by molar-refractivity contribution is 5.77. The number of hydrogen-bond donors (Lipinski definition) is 0. The molecule has 0 aromatic rings. The van der Waals surface area contributed by atoms with Crippen LogP contribution in [0, 0.1) is 0 Å². The first-order valence-electron chi connectivity index (χ1n) is 4.30. The van der Waals surface area contributed by atoms with Crippen LogP contribution >= 0.6 is 0 Å². The molecule has 12 heavy (non-hydrogen) atoms. The van der Waals surface area contributed by atoms with Crippen LogP contribution in [-0.4, -0.2) is 42.9 Å². The molecule has 0 aromatic carbocycles. The molecule has 4 nitrogen and oxygen atoms in total. The van der Waals surface area contributed by atoms with Crippen LogP contribution in [0.4, 0.5) is 0 Å². The summed E-state index contributed by atoms with van der Waals surface area (Å²) in [5.74, 6) is 0.196. The van der Waals surface area contributed by atoms with E-state index in [2.05, 4.69) is 0 Å². The molecule has 0 aromatic heterocycles. The summed E-state index contributed by atoms with van der Waals surface area (Å²) >= 11 is 0. The van der Waals surface area contributed by atoms with E-state index in [1.54, 1.807) is 4.90 Å². The van der Waals surface area contributed by atoms with Crippen molar-refractivity contribution in [3.05, 3.63) is 0 Å². The van der Waals surface area contributed by atoms with Gasteiger partial charge in [0.25, 0.3) is 0 Å². The van der Waals surface area contributed by atoms with Crippen molar-refractivity contribution >= 4 is 5.91 Å². The number of carbonyl (C=O) groups excluding carboxylic acids is 1. The highest BCUT2D eigenvalue weighted by atomic mass is 16.6. The van der Waals surface area contributed by atoms with E-state index in [-0.39, 0.29) is 18.2 Å². The lowest BCUT2D eigenvalue weighted by Gasteiger charge is -2.40. The second kappa shape index (κ2) is 3.03. The van der Waals surface area contributed by atoms with E-state index in [0.717, 1.165) is 0 Å². The van der Waals surface area contributed by atoms with E-state index in [1.807, 2.05) is 6.92 Å². The number of rotatable bonds is 0. The van der Waals surface area contributed by atoms with Gasteiger partial charge in [-0.1, -0.05) is 0 Å². The van der Waals surface area contributed by atoms with Crippen LogP contribution in [0.2, 0.25) is 0 Å². The summed E-state index contributed by atoms with van der Waals surface area (Å²) in [5, 5.41) is 0. The topological polar surface area (TPSA) is 38.8 Å². The first-order chi connectivity index (χ1) is 5.77. The monoisotopic (exact) mass is 171 g/mol. The van der Waals surface area contributed by atoms with Gasteiger partial charge in [-0.3, -0.25) is 4.79 Å². The summed E-state index contributed by atoms with van der Waals surface area (Å²) < 4.78 is 10.8. The van der Waals surface area contributed by atoms with Gasteiger partial charge in [-0.15, -0.1) is 0 Å². The fraction of sp³-hybridized carbons (Fsp3) is 0.875. The summed E-state index contributed by atoms with van der Waals surface area (Å²) in [6.07, 6.45) is 0.423. The fourth-order valence-corrected chi connectivity index (χ4v) is 1.66. The Balaban J connectivity index is 2.06.